The second kappa shape index (κ2) is 10.8. The predicted octanol–water partition coefficient (Wildman–Crippen LogP) is 1.13. The Labute approximate surface area is 204 Å². The first kappa shape index (κ1) is 23.3. The van der Waals surface area contributed by atoms with Crippen molar-refractivity contribution in [2.75, 3.05) is 35.9 Å². The second-order valence-corrected chi connectivity index (χ2v) is 11.3. The van der Waals surface area contributed by atoms with Gasteiger partial charge in [-0.15, -0.1) is 22.0 Å². The van der Waals surface area contributed by atoms with Crippen molar-refractivity contribution < 1.29 is 14.4 Å². The van der Waals surface area contributed by atoms with Crippen LogP contribution in [-0.4, -0.2) is 83.5 Å². The number of nitrogens with zero attached hydrogens (tertiary/aromatic N) is 6. The van der Waals surface area contributed by atoms with E-state index in [4.69, 9.17) is 10.6 Å². The molecule has 4 rings (SSSR count). The van der Waals surface area contributed by atoms with Crippen LogP contribution in [-0.2, 0) is 14.4 Å². The SMILES string of the molecule is CSCCON=C(C(=O)NC1C(=O)N2C=C(CSc3nncs3)CS[C@@H]12)c1nsc(N)n1. The Bertz CT molecular complexity index is 1030. The first-order valence-electron chi connectivity index (χ1n) is 9.18. The summed E-state index contributed by atoms with van der Waals surface area (Å²) in [6.45, 7) is 0.328. The minimum Gasteiger partial charge on any atom is -0.394 e. The minimum atomic E-state index is -0.659. The lowest BCUT2D eigenvalue weighted by Crippen LogP contribution is -2.69. The summed E-state index contributed by atoms with van der Waals surface area (Å²) < 4.78 is 4.94. The van der Waals surface area contributed by atoms with E-state index < -0.39 is 11.9 Å². The van der Waals surface area contributed by atoms with Gasteiger partial charge in [0.25, 0.3) is 11.8 Å². The molecule has 1 unspecified atom stereocenters. The smallest absolute Gasteiger partial charge is 0.278 e. The maximum Gasteiger partial charge on any atom is 0.278 e. The van der Waals surface area contributed by atoms with Gasteiger partial charge >= 0.3 is 0 Å². The summed E-state index contributed by atoms with van der Waals surface area (Å²) >= 11 is 7.22. The van der Waals surface area contributed by atoms with E-state index in [0.29, 0.717) is 12.4 Å². The third-order valence-electron chi connectivity index (χ3n) is 4.25. The summed E-state index contributed by atoms with van der Waals surface area (Å²) in [5, 5.41) is 14.5. The topological polar surface area (TPSA) is 149 Å². The Balaban J connectivity index is 1.38. The number of hydrogen-bond acceptors (Lipinski definition) is 14. The Morgan fingerprint density at radius 2 is 2.38 bits per heavy atom. The molecule has 170 valence electrons. The summed E-state index contributed by atoms with van der Waals surface area (Å²) in [7, 11) is 0. The molecule has 2 aliphatic heterocycles. The van der Waals surface area contributed by atoms with E-state index in [-0.39, 0.29) is 27.9 Å². The summed E-state index contributed by atoms with van der Waals surface area (Å²) in [6.07, 6.45) is 3.80. The average molecular weight is 531 g/mol. The molecule has 0 saturated carbocycles. The molecule has 0 aliphatic carbocycles. The Kier molecular flexibility index (Phi) is 7.88. The zero-order valence-corrected chi connectivity index (χ0v) is 20.7. The third-order valence-corrected chi connectivity index (χ3v) is 8.72. The maximum atomic E-state index is 12.9. The molecule has 11 nitrogen and oxygen atoms in total. The Morgan fingerprint density at radius 3 is 3.09 bits per heavy atom. The Morgan fingerprint density at radius 1 is 1.50 bits per heavy atom. The summed E-state index contributed by atoms with van der Waals surface area (Å²) in [6, 6.07) is -0.659. The summed E-state index contributed by atoms with van der Waals surface area (Å²) in [5.41, 5.74) is 8.35. The average Bonchev–Trinajstić information content (AvgIpc) is 3.47. The molecule has 1 fully saturated rings. The standard InChI is InChI=1S/C16H18N8O3S5/c1-28-3-2-27-22-9(11-20-15(17)32-23-11)12(25)19-10-13(26)24-4-8(5-29-14(10)24)6-30-16-21-18-7-31-16/h4,7,10,14H,2-3,5-6H2,1H3,(H,19,25)(H2,17,20,23)/t10?,14-/m0/s1. The van der Waals surface area contributed by atoms with Gasteiger partial charge in [0.05, 0.1) is 0 Å². The molecule has 32 heavy (non-hydrogen) atoms. The molecule has 0 radical (unpaired) electrons. The molecule has 3 N–H and O–H groups in total. The van der Waals surface area contributed by atoms with Gasteiger partial charge in [0.2, 0.25) is 11.5 Å². The minimum absolute atomic E-state index is 0.0740. The van der Waals surface area contributed by atoms with Gasteiger partial charge in [-0.3, -0.25) is 9.59 Å². The number of β-lactam (4-membered cyclic amide) rings is 1. The fourth-order valence-corrected chi connectivity index (χ4v) is 6.29. The lowest BCUT2D eigenvalue weighted by molar-refractivity contribution is -0.143. The van der Waals surface area contributed by atoms with Crippen LogP contribution in [0.5, 0.6) is 0 Å². The van der Waals surface area contributed by atoms with E-state index >= 15 is 0 Å². The van der Waals surface area contributed by atoms with Gasteiger partial charge in [0.1, 0.15) is 23.5 Å². The van der Waals surface area contributed by atoms with Gasteiger partial charge in [0.15, 0.2) is 9.47 Å². The molecule has 1 saturated heterocycles. The second-order valence-electron chi connectivity index (χ2n) is 6.40. The number of oxime groups is 1. The number of fused-ring (bicyclic) bond motifs is 1. The van der Waals surface area contributed by atoms with Crippen LogP contribution in [0, 0.1) is 0 Å². The molecule has 2 aromatic heterocycles. The number of carbonyl (C=O) groups excluding carboxylic acids is 2. The number of nitrogens with two attached hydrogens (primary N) is 1. The largest absolute Gasteiger partial charge is 0.394 e. The van der Waals surface area contributed by atoms with Crippen LogP contribution in [0.1, 0.15) is 5.82 Å². The summed E-state index contributed by atoms with van der Waals surface area (Å²) in [5.74, 6) is 1.53. The maximum absolute atomic E-state index is 12.9. The fourth-order valence-electron chi connectivity index (χ4n) is 2.77. The van der Waals surface area contributed by atoms with E-state index in [0.717, 1.165) is 33.0 Å². The molecule has 2 aromatic rings. The third kappa shape index (κ3) is 5.36. The number of anilines is 1. The number of nitrogens with one attached hydrogen (secondary N) is 1. The van der Waals surface area contributed by atoms with E-state index in [1.165, 1.54) is 11.3 Å². The molecule has 2 atom stereocenters. The highest BCUT2D eigenvalue weighted by Crippen LogP contribution is 2.37. The van der Waals surface area contributed by atoms with Crippen molar-refractivity contribution in [2.45, 2.75) is 15.8 Å². The van der Waals surface area contributed by atoms with Crippen molar-refractivity contribution >= 4 is 80.8 Å². The molecule has 2 amide bonds. The molecule has 0 spiro atoms. The van der Waals surface area contributed by atoms with Crippen molar-refractivity contribution in [1.29, 1.82) is 0 Å². The molecule has 0 bridgehead atoms. The van der Waals surface area contributed by atoms with Crippen molar-refractivity contribution in [3.05, 3.63) is 23.1 Å². The van der Waals surface area contributed by atoms with E-state index in [1.807, 2.05) is 12.5 Å². The highest BCUT2D eigenvalue weighted by Gasteiger charge is 2.49. The van der Waals surface area contributed by atoms with Crippen molar-refractivity contribution in [2.24, 2.45) is 5.16 Å². The van der Waals surface area contributed by atoms with E-state index in [1.54, 1.807) is 45.7 Å². The van der Waals surface area contributed by atoms with E-state index in [2.05, 4.69) is 30.0 Å². The Hall–Kier alpha value is -1.88. The lowest BCUT2D eigenvalue weighted by atomic mass is 10.1. The lowest BCUT2D eigenvalue weighted by Gasteiger charge is -2.47. The van der Waals surface area contributed by atoms with Gasteiger partial charge in [-0.05, 0) is 11.8 Å². The molecule has 4 heterocycles. The zero-order valence-electron chi connectivity index (χ0n) is 16.7. The van der Waals surface area contributed by atoms with Crippen molar-refractivity contribution in [3.63, 3.8) is 0 Å². The molecule has 2 aliphatic rings. The van der Waals surface area contributed by atoms with E-state index in [9.17, 15) is 9.59 Å². The summed E-state index contributed by atoms with van der Waals surface area (Å²) in [4.78, 5) is 36.5. The number of hydrogen-bond donors (Lipinski definition) is 2. The van der Waals surface area contributed by atoms with Gasteiger partial charge in [0, 0.05) is 35.0 Å². The van der Waals surface area contributed by atoms with Gasteiger partial charge in [-0.25, -0.2) is 0 Å². The number of thioether (sulfide) groups is 3. The van der Waals surface area contributed by atoms with Crippen LogP contribution in [0.3, 0.4) is 0 Å². The van der Waals surface area contributed by atoms with Crippen LogP contribution in [0.2, 0.25) is 0 Å². The van der Waals surface area contributed by atoms with Crippen LogP contribution in [0.4, 0.5) is 5.13 Å². The predicted molar refractivity (Wildman–Crippen MR) is 129 cm³/mol. The number of amides is 2. The zero-order chi connectivity index (χ0) is 22.5. The number of nitrogen functional groups attached to an aromatic ring is 1. The first-order chi connectivity index (χ1) is 15.6. The molecule has 0 aromatic carbocycles. The molecule has 16 heteroatoms. The normalized spacial score (nSPS) is 20.4. The molecular weight excluding hydrogens is 513 g/mol. The highest BCUT2D eigenvalue weighted by molar-refractivity contribution is 8.01. The van der Waals surface area contributed by atoms with Gasteiger partial charge < -0.3 is 20.8 Å². The quantitative estimate of drug-likeness (QED) is 0.150. The van der Waals surface area contributed by atoms with Crippen molar-refractivity contribution in [3.8, 4) is 0 Å². The monoisotopic (exact) mass is 530 g/mol. The number of aromatic nitrogens is 4. The van der Waals surface area contributed by atoms with Crippen LogP contribution < -0.4 is 11.1 Å². The number of carbonyl (C=O) groups is 2. The van der Waals surface area contributed by atoms with Gasteiger partial charge in [-0.2, -0.15) is 21.1 Å². The molecular formula is C16H18N8O3S5. The van der Waals surface area contributed by atoms with Crippen LogP contribution >= 0.6 is 58.2 Å². The van der Waals surface area contributed by atoms with Crippen LogP contribution in [0.25, 0.3) is 0 Å². The first-order valence-corrected chi connectivity index (χ1v) is 14.3. The number of rotatable bonds is 10. The van der Waals surface area contributed by atoms with Gasteiger partial charge in [-0.1, -0.05) is 28.3 Å². The van der Waals surface area contributed by atoms with Crippen LogP contribution in [0.15, 0.2) is 26.8 Å². The van der Waals surface area contributed by atoms with Crippen molar-refractivity contribution in [1.82, 2.24) is 29.8 Å². The fraction of sp³-hybridized carbons (Fsp3) is 0.438. The highest BCUT2D eigenvalue weighted by atomic mass is 32.2.